The van der Waals surface area contributed by atoms with Crippen molar-refractivity contribution in [1.82, 2.24) is 20.1 Å². The Bertz CT molecular complexity index is 828. The number of aryl methyl sites for hydroxylation is 1. The Hall–Kier alpha value is -2.97. The zero-order valence-electron chi connectivity index (χ0n) is 15.6. The highest BCUT2D eigenvalue weighted by Gasteiger charge is 2.22. The van der Waals surface area contributed by atoms with Gasteiger partial charge < -0.3 is 14.8 Å². The highest BCUT2D eigenvalue weighted by atomic mass is 16.6. The number of benzene rings is 1. The van der Waals surface area contributed by atoms with Crippen molar-refractivity contribution in [2.24, 2.45) is 7.05 Å². The molecule has 0 aliphatic carbocycles. The maximum Gasteiger partial charge on any atom is 0.270 e. The third-order valence-electron chi connectivity index (χ3n) is 4.89. The Morgan fingerprint density at radius 3 is 2.70 bits per heavy atom. The van der Waals surface area contributed by atoms with Crippen LogP contribution in [0.5, 0.6) is 0 Å². The molecule has 1 amide bonds. The molecule has 2 aromatic rings. The van der Waals surface area contributed by atoms with Gasteiger partial charge in [-0.05, 0) is 25.3 Å². The van der Waals surface area contributed by atoms with Gasteiger partial charge in [-0.1, -0.05) is 6.92 Å². The first-order valence-electron chi connectivity index (χ1n) is 9.13. The number of aromatic nitrogens is 3. The number of nitrogens with zero attached hydrogens (tertiary/aromatic N) is 5. The zero-order chi connectivity index (χ0) is 19.4. The smallest absolute Gasteiger partial charge is 0.270 e. The second-order valence-corrected chi connectivity index (χ2v) is 6.92. The van der Waals surface area contributed by atoms with E-state index in [-0.39, 0.29) is 17.5 Å². The predicted octanol–water partition coefficient (Wildman–Crippen LogP) is 2.25. The van der Waals surface area contributed by atoms with Gasteiger partial charge >= 0.3 is 0 Å². The van der Waals surface area contributed by atoms with Crippen molar-refractivity contribution in [2.45, 2.75) is 32.1 Å². The fourth-order valence-electron chi connectivity index (χ4n) is 3.40. The number of amides is 1. The van der Waals surface area contributed by atoms with Gasteiger partial charge in [-0.25, -0.2) is 0 Å². The van der Waals surface area contributed by atoms with Gasteiger partial charge in [0.15, 0.2) is 0 Å². The first kappa shape index (κ1) is 18.8. The third-order valence-corrected chi connectivity index (χ3v) is 4.89. The van der Waals surface area contributed by atoms with E-state index in [0.717, 1.165) is 37.4 Å². The zero-order valence-corrected chi connectivity index (χ0v) is 15.6. The number of carbonyl (C=O) groups is 1. The van der Waals surface area contributed by atoms with E-state index in [4.69, 9.17) is 0 Å². The minimum absolute atomic E-state index is 0.0291. The van der Waals surface area contributed by atoms with E-state index in [2.05, 4.69) is 20.4 Å². The summed E-state index contributed by atoms with van der Waals surface area (Å²) in [6.07, 6.45) is 4.89. The SMILES string of the molecule is CC(CNC(=O)c1cc([N+](=O)[O-])ccc1N1CCCCC1)c1nncn1C. The predicted molar refractivity (Wildman–Crippen MR) is 101 cm³/mol. The minimum Gasteiger partial charge on any atom is -0.371 e. The van der Waals surface area contributed by atoms with E-state index >= 15 is 0 Å². The molecule has 3 rings (SSSR count). The molecular weight excluding hydrogens is 348 g/mol. The number of hydrogen-bond donors (Lipinski definition) is 1. The van der Waals surface area contributed by atoms with E-state index in [9.17, 15) is 14.9 Å². The maximum absolute atomic E-state index is 12.8. The number of hydrogen-bond acceptors (Lipinski definition) is 6. The summed E-state index contributed by atoms with van der Waals surface area (Å²) < 4.78 is 1.81. The van der Waals surface area contributed by atoms with E-state index in [1.54, 1.807) is 12.4 Å². The van der Waals surface area contributed by atoms with Gasteiger partial charge in [0, 0.05) is 44.7 Å². The second kappa shape index (κ2) is 8.15. The van der Waals surface area contributed by atoms with Crippen LogP contribution in [0.4, 0.5) is 11.4 Å². The van der Waals surface area contributed by atoms with Gasteiger partial charge in [0.05, 0.1) is 16.2 Å². The average molecular weight is 372 g/mol. The summed E-state index contributed by atoms with van der Waals surface area (Å²) in [7, 11) is 1.85. The summed E-state index contributed by atoms with van der Waals surface area (Å²) in [5, 5.41) is 22.0. The van der Waals surface area contributed by atoms with Crippen LogP contribution in [-0.2, 0) is 7.05 Å². The van der Waals surface area contributed by atoms with Gasteiger partial charge in [0.1, 0.15) is 12.2 Å². The minimum atomic E-state index is -0.473. The van der Waals surface area contributed by atoms with Crippen molar-refractivity contribution in [3.63, 3.8) is 0 Å². The lowest BCUT2D eigenvalue weighted by molar-refractivity contribution is -0.384. The van der Waals surface area contributed by atoms with Crippen molar-refractivity contribution in [3.8, 4) is 0 Å². The van der Waals surface area contributed by atoms with Crippen LogP contribution in [0, 0.1) is 10.1 Å². The number of nitrogens with one attached hydrogen (secondary N) is 1. The summed E-state index contributed by atoms with van der Waals surface area (Å²) in [5.74, 6) is 0.428. The molecule has 0 saturated carbocycles. The summed E-state index contributed by atoms with van der Waals surface area (Å²) in [6, 6.07) is 4.51. The molecule has 9 nitrogen and oxygen atoms in total. The summed E-state index contributed by atoms with van der Waals surface area (Å²) >= 11 is 0. The molecule has 1 saturated heterocycles. The Kier molecular flexibility index (Phi) is 5.68. The molecular formula is C18H24N6O3. The molecule has 1 fully saturated rings. The number of carbonyl (C=O) groups excluding carboxylic acids is 1. The monoisotopic (exact) mass is 372 g/mol. The van der Waals surface area contributed by atoms with E-state index in [1.165, 1.54) is 18.6 Å². The highest BCUT2D eigenvalue weighted by Crippen LogP contribution is 2.28. The molecule has 1 aliphatic heterocycles. The largest absolute Gasteiger partial charge is 0.371 e. The summed E-state index contributed by atoms with van der Waals surface area (Å²) in [5.41, 5.74) is 1.02. The molecule has 0 bridgehead atoms. The molecule has 0 spiro atoms. The van der Waals surface area contributed by atoms with Crippen LogP contribution in [0.3, 0.4) is 0 Å². The number of rotatable bonds is 6. The first-order valence-corrected chi connectivity index (χ1v) is 9.13. The van der Waals surface area contributed by atoms with Crippen LogP contribution in [0.25, 0.3) is 0 Å². The normalized spacial score (nSPS) is 15.4. The fraction of sp³-hybridized carbons (Fsp3) is 0.500. The third kappa shape index (κ3) is 4.24. The summed E-state index contributed by atoms with van der Waals surface area (Å²) in [6.45, 7) is 4.03. The van der Waals surface area contributed by atoms with E-state index in [1.807, 2.05) is 18.5 Å². The highest BCUT2D eigenvalue weighted by molar-refractivity contribution is 6.00. The molecule has 1 N–H and O–H groups in total. The van der Waals surface area contributed by atoms with Crippen molar-refractivity contribution in [3.05, 3.63) is 46.0 Å². The first-order chi connectivity index (χ1) is 13.0. The molecule has 1 aliphatic rings. The number of piperidine rings is 1. The lowest BCUT2D eigenvalue weighted by Crippen LogP contribution is -2.34. The Morgan fingerprint density at radius 1 is 1.33 bits per heavy atom. The standard InChI is InChI=1S/C18H24N6O3/c1-13(17-21-20-12-22(17)2)11-19-18(25)15-10-14(24(26)27)6-7-16(15)23-8-4-3-5-9-23/h6-7,10,12-13H,3-5,8-9,11H2,1-2H3,(H,19,25). The number of non-ortho nitro benzene ring substituents is 1. The molecule has 1 unspecified atom stereocenters. The Labute approximate surface area is 157 Å². The number of nitro benzene ring substituents is 1. The molecule has 2 heterocycles. The van der Waals surface area contributed by atoms with Gasteiger partial charge in [0.25, 0.3) is 11.6 Å². The van der Waals surface area contributed by atoms with Gasteiger partial charge in [-0.3, -0.25) is 14.9 Å². The van der Waals surface area contributed by atoms with Crippen LogP contribution in [0.1, 0.15) is 48.3 Å². The average Bonchev–Trinajstić information content (AvgIpc) is 3.12. The van der Waals surface area contributed by atoms with Crippen LogP contribution in [0.15, 0.2) is 24.5 Å². The summed E-state index contributed by atoms with van der Waals surface area (Å²) in [4.78, 5) is 25.7. The van der Waals surface area contributed by atoms with Crippen molar-refractivity contribution in [1.29, 1.82) is 0 Å². The molecule has 1 atom stereocenters. The quantitative estimate of drug-likeness (QED) is 0.616. The topological polar surface area (TPSA) is 106 Å². The van der Waals surface area contributed by atoms with Gasteiger partial charge in [0.2, 0.25) is 0 Å². The fourth-order valence-corrected chi connectivity index (χ4v) is 3.40. The van der Waals surface area contributed by atoms with Gasteiger partial charge in [-0.2, -0.15) is 0 Å². The van der Waals surface area contributed by atoms with Crippen LogP contribution in [0.2, 0.25) is 0 Å². The van der Waals surface area contributed by atoms with Crippen molar-refractivity contribution in [2.75, 3.05) is 24.5 Å². The lowest BCUT2D eigenvalue weighted by Gasteiger charge is -2.30. The molecule has 144 valence electrons. The molecule has 1 aromatic carbocycles. The number of nitro groups is 1. The lowest BCUT2D eigenvalue weighted by atomic mass is 10.1. The van der Waals surface area contributed by atoms with Gasteiger partial charge in [-0.15, -0.1) is 10.2 Å². The molecule has 1 aromatic heterocycles. The second-order valence-electron chi connectivity index (χ2n) is 6.92. The van der Waals surface area contributed by atoms with Crippen LogP contribution < -0.4 is 10.2 Å². The van der Waals surface area contributed by atoms with E-state index < -0.39 is 4.92 Å². The van der Waals surface area contributed by atoms with Crippen molar-refractivity contribution >= 4 is 17.3 Å². The van der Waals surface area contributed by atoms with Crippen LogP contribution >= 0.6 is 0 Å². The molecule has 27 heavy (non-hydrogen) atoms. The Morgan fingerprint density at radius 2 is 2.07 bits per heavy atom. The van der Waals surface area contributed by atoms with E-state index in [0.29, 0.717) is 12.1 Å². The van der Waals surface area contributed by atoms with Crippen molar-refractivity contribution < 1.29 is 9.72 Å². The molecule has 9 heteroatoms. The Balaban J connectivity index is 1.79. The van der Waals surface area contributed by atoms with Crippen LogP contribution in [-0.4, -0.2) is 45.2 Å². The number of anilines is 1. The molecule has 0 radical (unpaired) electrons. The maximum atomic E-state index is 12.8.